The van der Waals surface area contributed by atoms with Crippen LogP contribution in [-0.2, 0) is 4.79 Å². The van der Waals surface area contributed by atoms with Crippen molar-refractivity contribution in [1.29, 1.82) is 0 Å². The molecule has 2 heteroatoms. The first kappa shape index (κ1) is 15.2. The fourth-order valence-corrected chi connectivity index (χ4v) is 3.04. The summed E-state index contributed by atoms with van der Waals surface area (Å²) in [4.78, 5) is 11.7. The number of ketones is 1. The van der Waals surface area contributed by atoms with E-state index in [9.17, 15) is 4.79 Å². The Balaban J connectivity index is 2.97. The number of rotatable bonds is 3. The molecule has 0 aromatic heterocycles. The normalized spacial score (nSPS) is 29.6. The lowest BCUT2D eigenvalue weighted by atomic mass is 9.63. The SMILES string of the molecule is CC(=CC1C(C)CC(=O)CC1(C)C)/C(C)=C\CO. The Bertz CT molecular complexity index is 375. The topological polar surface area (TPSA) is 37.3 Å². The van der Waals surface area contributed by atoms with Gasteiger partial charge in [0.15, 0.2) is 0 Å². The Morgan fingerprint density at radius 2 is 2.00 bits per heavy atom. The summed E-state index contributed by atoms with van der Waals surface area (Å²) in [5.41, 5.74) is 2.37. The fraction of sp³-hybridized carbons (Fsp3) is 0.688. The van der Waals surface area contributed by atoms with Gasteiger partial charge in [0, 0.05) is 12.8 Å². The maximum atomic E-state index is 11.7. The van der Waals surface area contributed by atoms with Crippen LogP contribution < -0.4 is 0 Å². The summed E-state index contributed by atoms with van der Waals surface area (Å²) in [6, 6.07) is 0. The van der Waals surface area contributed by atoms with Crippen LogP contribution in [0.5, 0.6) is 0 Å². The van der Waals surface area contributed by atoms with E-state index in [1.165, 1.54) is 5.57 Å². The quantitative estimate of drug-likeness (QED) is 0.778. The first-order chi connectivity index (χ1) is 8.27. The highest BCUT2D eigenvalue weighted by molar-refractivity contribution is 5.80. The third-order valence-corrected chi connectivity index (χ3v) is 4.17. The molecule has 0 aromatic rings. The van der Waals surface area contributed by atoms with E-state index in [1.807, 2.05) is 13.0 Å². The molecule has 0 bridgehead atoms. The molecule has 1 aliphatic rings. The smallest absolute Gasteiger partial charge is 0.133 e. The van der Waals surface area contributed by atoms with Gasteiger partial charge in [0.25, 0.3) is 0 Å². The Morgan fingerprint density at radius 3 is 2.50 bits per heavy atom. The van der Waals surface area contributed by atoms with Crippen LogP contribution in [0.3, 0.4) is 0 Å². The molecular formula is C16H26O2. The fourth-order valence-electron chi connectivity index (χ4n) is 3.04. The number of carbonyl (C=O) groups excluding carboxylic acids is 1. The molecule has 0 heterocycles. The van der Waals surface area contributed by atoms with E-state index in [4.69, 9.17) is 5.11 Å². The molecule has 1 rings (SSSR count). The molecule has 2 unspecified atom stereocenters. The molecule has 2 atom stereocenters. The lowest BCUT2D eigenvalue weighted by Gasteiger charge is -2.41. The van der Waals surface area contributed by atoms with Crippen LogP contribution in [0.25, 0.3) is 0 Å². The highest BCUT2D eigenvalue weighted by atomic mass is 16.2. The first-order valence-corrected chi connectivity index (χ1v) is 6.76. The third-order valence-electron chi connectivity index (χ3n) is 4.17. The zero-order chi connectivity index (χ0) is 13.9. The van der Waals surface area contributed by atoms with Crippen molar-refractivity contribution in [1.82, 2.24) is 0 Å². The van der Waals surface area contributed by atoms with E-state index in [-0.39, 0.29) is 12.0 Å². The number of hydrogen-bond acceptors (Lipinski definition) is 2. The average molecular weight is 250 g/mol. The first-order valence-electron chi connectivity index (χ1n) is 6.76. The molecule has 0 radical (unpaired) electrons. The molecule has 0 aromatic carbocycles. The van der Waals surface area contributed by atoms with E-state index in [2.05, 4.69) is 33.8 Å². The standard InChI is InChI=1S/C16H26O2/c1-11(6-7-17)12(2)9-15-13(3)8-14(18)10-16(15,4)5/h6,9,13,15,17H,7-8,10H2,1-5H3/b11-6-,12-9?. The lowest BCUT2D eigenvalue weighted by molar-refractivity contribution is -0.126. The zero-order valence-electron chi connectivity index (χ0n) is 12.3. The Kier molecular flexibility index (Phi) is 4.92. The summed E-state index contributed by atoms with van der Waals surface area (Å²) in [5, 5.41) is 8.93. The Labute approximate surface area is 111 Å². The predicted octanol–water partition coefficient (Wildman–Crippen LogP) is 3.51. The summed E-state index contributed by atoms with van der Waals surface area (Å²) in [5.74, 6) is 1.22. The number of allylic oxidation sites excluding steroid dienone is 3. The molecule has 0 aliphatic heterocycles. The minimum atomic E-state index is 0.0372. The van der Waals surface area contributed by atoms with Crippen molar-refractivity contribution >= 4 is 5.78 Å². The second-order valence-corrected chi connectivity index (χ2v) is 6.33. The van der Waals surface area contributed by atoms with Gasteiger partial charge >= 0.3 is 0 Å². The van der Waals surface area contributed by atoms with Crippen molar-refractivity contribution in [3.05, 3.63) is 23.3 Å². The van der Waals surface area contributed by atoms with E-state index >= 15 is 0 Å². The second kappa shape index (κ2) is 5.83. The monoisotopic (exact) mass is 250 g/mol. The van der Waals surface area contributed by atoms with Crippen LogP contribution in [0.2, 0.25) is 0 Å². The number of aliphatic hydroxyl groups is 1. The van der Waals surface area contributed by atoms with Gasteiger partial charge in [-0.1, -0.05) is 44.1 Å². The number of Topliss-reactive ketones (excluding diaryl/α,β-unsaturated/α-hetero) is 1. The third kappa shape index (κ3) is 3.55. The maximum Gasteiger partial charge on any atom is 0.133 e. The molecular weight excluding hydrogens is 224 g/mol. The minimum Gasteiger partial charge on any atom is -0.392 e. The summed E-state index contributed by atoms with van der Waals surface area (Å²) in [7, 11) is 0. The van der Waals surface area contributed by atoms with E-state index in [0.717, 1.165) is 5.57 Å². The van der Waals surface area contributed by atoms with Crippen molar-refractivity contribution in [2.45, 2.75) is 47.5 Å². The van der Waals surface area contributed by atoms with Crippen molar-refractivity contribution in [2.24, 2.45) is 17.3 Å². The van der Waals surface area contributed by atoms with Gasteiger partial charge in [0.05, 0.1) is 6.61 Å². The Hall–Kier alpha value is -0.890. The molecule has 1 aliphatic carbocycles. The highest BCUT2D eigenvalue weighted by Crippen LogP contribution is 2.43. The van der Waals surface area contributed by atoms with Gasteiger partial charge in [0.2, 0.25) is 0 Å². The molecule has 1 fully saturated rings. The molecule has 0 spiro atoms. The summed E-state index contributed by atoms with van der Waals surface area (Å²) in [6.45, 7) is 10.7. The molecule has 2 nitrogen and oxygen atoms in total. The molecule has 0 saturated heterocycles. The average Bonchev–Trinajstić information content (AvgIpc) is 2.22. The molecule has 1 saturated carbocycles. The zero-order valence-corrected chi connectivity index (χ0v) is 12.3. The van der Waals surface area contributed by atoms with Gasteiger partial charge in [-0.15, -0.1) is 0 Å². The highest BCUT2D eigenvalue weighted by Gasteiger charge is 2.39. The van der Waals surface area contributed by atoms with Crippen molar-refractivity contribution in [3.63, 3.8) is 0 Å². The molecule has 0 amide bonds. The summed E-state index contributed by atoms with van der Waals surface area (Å²) in [6.07, 6.45) is 5.49. The second-order valence-electron chi connectivity index (χ2n) is 6.33. The van der Waals surface area contributed by atoms with Gasteiger partial charge in [0.1, 0.15) is 5.78 Å². The van der Waals surface area contributed by atoms with Crippen LogP contribution in [0.1, 0.15) is 47.5 Å². The van der Waals surface area contributed by atoms with Gasteiger partial charge in [-0.3, -0.25) is 4.79 Å². The molecule has 18 heavy (non-hydrogen) atoms. The van der Waals surface area contributed by atoms with Crippen molar-refractivity contribution < 1.29 is 9.90 Å². The van der Waals surface area contributed by atoms with Gasteiger partial charge in [-0.05, 0) is 31.1 Å². The van der Waals surface area contributed by atoms with Gasteiger partial charge in [-0.25, -0.2) is 0 Å². The summed E-state index contributed by atoms with van der Waals surface area (Å²) >= 11 is 0. The van der Waals surface area contributed by atoms with Crippen LogP contribution in [-0.4, -0.2) is 17.5 Å². The van der Waals surface area contributed by atoms with Gasteiger partial charge in [-0.2, -0.15) is 0 Å². The predicted molar refractivity (Wildman–Crippen MR) is 75.3 cm³/mol. The number of hydrogen-bond donors (Lipinski definition) is 1. The van der Waals surface area contributed by atoms with E-state index < -0.39 is 0 Å². The van der Waals surface area contributed by atoms with Crippen LogP contribution in [0.15, 0.2) is 23.3 Å². The van der Waals surface area contributed by atoms with E-state index in [1.54, 1.807) is 0 Å². The Morgan fingerprint density at radius 1 is 1.39 bits per heavy atom. The minimum absolute atomic E-state index is 0.0372. The van der Waals surface area contributed by atoms with Crippen molar-refractivity contribution in [3.8, 4) is 0 Å². The van der Waals surface area contributed by atoms with Gasteiger partial charge < -0.3 is 5.11 Å². The molecule has 1 N–H and O–H groups in total. The van der Waals surface area contributed by atoms with Crippen LogP contribution >= 0.6 is 0 Å². The van der Waals surface area contributed by atoms with Crippen LogP contribution in [0.4, 0.5) is 0 Å². The van der Waals surface area contributed by atoms with Crippen LogP contribution in [0, 0.1) is 17.3 Å². The molecule has 102 valence electrons. The summed E-state index contributed by atoms with van der Waals surface area (Å²) < 4.78 is 0. The van der Waals surface area contributed by atoms with Crippen molar-refractivity contribution in [2.75, 3.05) is 6.61 Å². The lowest BCUT2D eigenvalue weighted by Crippen LogP contribution is -2.37. The maximum absolute atomic E-state index is 11.7. The largest absolute Gasteiger partial charge is 0.392 e. The van der Waals surface area contributed by atoms with E-state index in [0.29, 0.717) is 30.5 Å². The number of carbonyl (C=O) groups is 1. The number of aliphatic hydroxyl groups excluding tert-OH is 1.